The van der Waals surface area contributed by atoms with E-state index < -0.39 is 0 Å². The lowest BCUT2D eigenvalue weighted by atomic mass is 9.91. The SMILES string of the molecule is COc1ccc(CN2CCN(C)C(=O)C(Cc3ccccc3-c3ccncc3)C2)c(OC)c1. The van der Waals surface area contributed by atoms with Gasteiger partial charge in [0.15, 0.2) is 0 Å². The van der Waals surface area contributed by atoms with Gasteiger partial charge >= 0.3 is 0 Å². The minimum absolute atomic E-state index is 0.121. The van der Waals surface area contributed by atoms with E-state index in [1.165, 1.54) is 5.56 Å². The van der Waals surface area contributed by atoms with E-state index in [9.17, 15) is 4.79 Å². The Balaban J connectivity index is 1.57. The predicted octanol–water partition coefficient (Wildman–Crippen LogP) is 3.90. The lowest BCUT2D eigenvalue weighted by molar-refractivity contribution is -0.133. The maximum Gasteiger partial charge on any atom is 0.227 e. The molecule has 0 aliphatic carbocycles. The number of aromatic nitrogens is 1. The van der Waals surface area contributed by atoms with Crippen LogP contribution in [0.5, 0.6) is 11.5 Å². The molecule has 0 bridgehead atoms. The molecule has 2 aromatic carbocycles. The van der Waals surface area contributed by atoms with Gasteiger partial charge in [0, 0.05) is 57.3 Å². The standard InChI is InChI=1S/C27H31N3O3/c1-29-14-15-30(18-22-8-9-24(32-2)17-26(22)33-3)19-23(27(29)31)16-21-6-4-5-7-25(21)20-10-12-28-13-11-20/h4-13,17,23H,14-16,18-19H2,1-3H3. The van der Waals surface area contributed by atoms with Crippen LogP contribution in [0, 0.1) is 5.92 Å². The number of methoxy groups -OCH3 is 2. The van der Waals surface area contributed by atoms with Crippen LogP contribution in [0.15, 0.2) is 67.0 Å². The van der Waals surface area contributed by atoms with Crippen molar-refractivity contribution in [2.45, 2.75) is 13.0 Å². The molecule has 1 aliphatic heterocycles. The second-order valence-corrected chi connectivity index (χ2v) is 8.47. The summed E-state index contributed by atoms with van der Waals surface area (Å²) in [7, 11) is 5.23. The highest BCUT2D eigenvalue weighted by Gasteiger charge is 2.29. The topological polar surface area (TPSA) is 54.9 Å². The molecule has 6 heteroatoms. The average Bonchev–Trinajstić information content (AvgIpc) is 2.99. The van der Waals surface area contributed by atoms with E-state index in [1.54, 1.807) is 26.6 Å². The first kappa shape index (κ1) is 22.8. The first-order valence-electron chi connectivity index (χ1n) is 11.3. The summed E-state index contributed by atoms with van der Waals surface area (Å²) in [6, 6.07) is 18.3. The molecule has 6 nitrogen and oxygen atoms in total. The van der Waals surface area contributed by atoms with Gasteiger partial charge in [-0.3, -0.25) is 14.7 Å². The number of carbonyl (C=O) groups excluding carboxylic acids is 1. The number of benzene rings is 2. The summed E-state index contributed by atoms with van der Waals surface area (Å²) in [4.78, 5) is 21.6. The van der Waals surface area contributed by atoms with E-state index in [1.807, 2.05) is 54.4 Å². The van der Waals surface area contributed by atoms with Gasteiger partial charge in [-0.15, -0.1) is 0 Å². The second-order valence-electron chi connectivity index (χ2n) is 8.47. The van der Waals surface area contributed by atoms with Crippen LogP contribution in [0.2, 0.25) is 0 Å². The molecule has 4 rings (SSSR count). The zero-order chi connectivity index (χ0) is 23.2. The van der Waals surface area contributed by atoms with E-state index in [0.717, 1.165) is 41.3 Å². The third-order valence-electron chi connectivity index (χ3n) is 6.32. The summed E-state index contributed by atoms with van der Waals surface area (Å²) < 4.78 is 10.9. The Kier molecular flexibility index (Phi) is 7.25. The molecule has 1 aromatic heterocycles. The van der Waals surface area contributed by atoms with E-state index in [4.69, 9.17) is 9.47 Å². The molecule has 1 aliphatic rings. The summed E-state index contributed by atoms with van der Waals surface area (Å²) in [6.07, 6.45) is 4.30. The average molecular weight is 446 g/mol. The zero-order valence-corrected chi connectivity index (χ0v) is 19.5. The largest absolute Gasteiger partial charge is 0.497 e. The van der Waals surface area contributed by atoms with Crippen LogP contribution in [0.4, 0.5) is 0 Å². The van der Waals surface area contributed by atoms with E-state index in [0.29, 0.717) is 19.5 Å². The Morgan fingerprint density at radius 3 is 2.52 bits per heavy atom. The lowest BCUT2D eigenvalue weighted by Crippen LogP contribution is -2.34. The molecule has 3 aromatic rings. The highest BCUT2D eigenvalue weighted by molar-refractivity contribution is 5.80. The van der Waals surface area contributed by atoms with Crippen LogP contribution in [0.25, 0.3) is 11.1 Å². The Hall–Kier alpha value is -3.38. The highest BCUT2D eigenvalue weighted by Crippen LogP contribution is 2.29. The monoisotopic (exact) mass is 445 g/mol. The Morgan fingerprint density at radius 1 is 0.970 bits per heavy atom. The first-order valence-corrected chi connectivity index (χ1v) is 11.3. The number of likely N-dealkylation sites (N-methyl/N-ethyl adjacent to an activating group) is 1. The minimum atomic E-state index is -0.121. The number of hydrogen-bond donors (Lipinski definition) is 0. The van der Waals surface area contributed by atoms with Gasteiger partial charge in [0.2, 0.25) is 5.91 Å². The minimum Gasteiger partial charge on any atom is -0.497 e. The van der Waals surface area contributed by atoms with Crippen LogP contribution in [0.3, 0.4) is 0 Å². The second kappa shape index (κ2) is 10.5. The van der Waals surface area contributed by atoms with Gasteiger partial charge < -0.3 is 14.4 Å². The van der Waals surface area contributed by atoms with Crippen molar-refractivity contribution in [3.05, 3.63) is 78.1 Å². The molecule has 0 N–H and O–H groups in total. The van der Waals surface area contributed by atoms with Crippen LogP contribution < -0.4 is 9.47 Å². The smallest absolute Gasteiger partial charge is 0.227 e. The van der Waals surface area contributed by atoms with Crippen molar-refractivity contribution in [1.29, 1.82) is 0 Å². The maximum absolute atomic E-state index is 13.3. The number of amides is 1. The Labute approximate surface area is 195 Å². The van der Waals surface area contributed by atoms with Gasteiger partial charge in [0.05, 0.1) is 20.1 Å². The third kappa shape index (κ3) is 5.34. The molecule has 1 atom stereocenters. The van der Waals surface area contributed by atoms with E-state index >= 15 is 0 Å². The van der Waals surface area contributed by atoms with Crippen molar-refractivity contribution in [3.63, 3.8) is 0 Å². The normalized spacial score (nSPS) is 17.0. The fourth-order valence-electron chi connectivity index (χ4n) is 4.49. The van der Waals surface area contributed by atoms with Crippen molar-refractivity contribution in [1.82, 2.24) is 14.8 Å². The fraction of sp³-hybridized carbons (Fsp3) is 0.333. The lowest BCUT2D eigenvalue weighted by Gasteiger charge is -2.24. The highest BCUT2D eigenvalue weighted by atomic mass is 16.5. The molecule has 1 fully saturated rings. The molecule has 0 spiro atoms. The van der Waals surface area contributed by atoms with Gasteiger partial charge in [-0.2, -0.15) is 0 Å². The Morgan fingerprint density at radius 2 is 1.76 bits per heavy atom. The van der Waals surface area contributed by atoms with Crippen molar-refractivity contribution in [2.24, 2.45) is 5.92 Å². The fourth-order valence-corrected chi connectivity index (χ4v) is 4.49. The summed E-state index contributed by atoms with van der Waals surface area (Å²) in [5.41, 5.74) is 4.54. The van der Waals surface area contributed by atoms with E-state index in [2.05, 4.69) is 22.0 Å². The number of rotatable bonds is 7. The number of nitrogens with zero attached hydrogens (tertiary/aromatic N) is 3. The molecule has 1 amide bonds. The van der Waals surface area contributed by atoms with Crippen LogP contribution in [-0.4, -0.2) is 61.6 Å². The quantitative estimate of drug-likeness (QED) is 0.552. The summed E-state index contributed by atoms with van der Waals surface area (Å²) in [6.45, 7) is 2.94. The van der Waals surface area contributed by atoms with Gasteiger partial charge in [0.1, 0.15) is 11.5 Å². The van der Waals surface area contributed by atoms with Crippen LogP contribution >= 0.6 is 0 Å². The first-order chi connectivity index (χ1) is 16.1. The zero-order valence-electron chi connectivity index (χ0n) is 19.5. The number of carbonyl (C=O) groups is 1. The summed E-state index contributed by atoms with van der Waals surface area (Å²) in [5, 5.41) is 0. The molecule has 0 radical (unpaired) electrons. The summed E-state index contributed by atoms with van der Waals surface area (Å²) >= 11 is 0. The maximum atomic E-state index is 13.3. The van der Waals surface area contributed by atoms with Crippen molar-refractivity contribution >= 4 is 5.91 Å². The van der Waals surface area contributed by atoms with Gasteiger partial charge in [-0.25, -0.2) is 0 Å². The van der Waals surface area contributed by atoms with Crippen LogP contribution in [-0.2, 0) is 17.8 Å². The molecule has 1 unspecified atom stereocenters. The van der Waals surface area contributed by atoms with Gasteiger partial charge in [-0.1, -0.05) is 30.3 Å². The van der Waals surface area contributed by atoms with Crippen molar-refractivity contribution in [3.8, 4) is 22.6 Å². The molecule has 0 saturated carbocycles. The summed E-state index contributed by atoms with van der Waals surface area (Å²) in [5.74, 6) is 1.65. The van der Waals surface area contributed by atoms with Crippen LogP contribution in [0.1, 0.15) is 11.1 Å². The third-order valence-corrected chi connectivity index (χ3v) is 6.32. The van der Waals surface area contributed by atoms with E-state index in [-0.39, 0.29) is 11.8 Å². The predicted molar refractivity (Wildman–Crippen MR) is 129 cm³/mol. The van der Waals surface area contributed by atoms with Crippen molar-refractivity contribution < 1.29 is 14.3 Å². The molecular formula is C27H31N3O3. The number of ether oxygens (including phenoxy) is 2. The van der Waals surface area contributed by atoms with Crippen molar-refractivity contribution in [2.75, 3.05) is 40.9 Å². The molecule has 172 valence electrons. The molecule has 1 saturated heterocycles. The van der Waals surface area contributed by atoms with Gasteiger partial charge in [-0.05, 0) is 41.3 Å². The molecular weight excluding hydrogens is 414 g/mol. The molecule has 33 heavy (non-hydrogen) atoms. The number of pyridine rings is 1. The van der Waals surface area contributed by atoms with Gasteiger partial charge in [0.25, 0.3) is 0 Å². The molecule has 2 heterocycles. The Bertz CT molecular complexity index is 1090. The number of hydrogen-bond acceptors (Lipinski definition) is 5.